The number of benzene rings is 1. The second-order valence-electron chi connectivity index (χ2n) is 4.69. The second-order valence-corrected chi connectivity index (χ2v) is 4.69. The molecule has 4 nitrogen and oxygen atoms in total. The summed E-state index contributed by atoms with van der Waals surface area (Å²) >= 11 is 0. The van der Waals surface area contributed by atoms with Crippen LogP contribution in [-0.4, -0.2) is 19.0 Å². The molecule has 0 radical (unpaired) electrons. The van der Waals surface area contributed by atoms with Crippen molar-refractivity contribution in [3.05, 3.63) is 30.5 Å². The van der Waals surface area contributed by atoms with Gasteiger partial charge in [0.05, 0.1) is 6.26 Å². The van der Waals surface area contributed by atoms with Gasteiger partial charge in [-0.1, -0.05) is 0 Å². The molecule has 0 unspecified atom stereocenters. The normalized spacial score (nSPS) is 16.9. The number of nitrogens with one attached hydrogen (secondary N) is 2. The Bertz CT molecular complexity index is 556. The molecule has 94 valence electrons. The highest BCUT2D eigenvalue weighted by Gasteiger charge is 2.20. The van der Waals surface area contributed by atoms with E-state index in [1.807, 2.05) is 24.3 Å². The van der Waals surface area contributed by atoms with Gasteiger partial charge < -0.3 is 15.1 Å². The molecule has 0 bridgehead atoms. The van der Waals surface area contributed by atoms with Crippen LogP contribution in [0.4, 0.5) is 5.69 Å². The van der Waals surface area contributed by atoms with Crippen LogP contribution in [0, 0.1) is 5.92 Å². The van der Waals surface area contributed by atoms with Crippen molar-refractivity contribution in [3.63, 3.8) is 0 Å². The number of anilines is 1. The Hall–Kier alpha value is -1.81. The molecule has 1 fully saturated rings. The first kappa shape index (κ1) is 11.3. The lowest BCUT2D eigenvalue weighted by atomic mass is 9.97. The molecule has 2 heterocycles. The zero-order chi connectivity index (χ0) is 12.4. The van der Waals surface area contributed by atoms with Gasteiger partial charge in [0, 0.05) is 17.0 Å². The molecule has 2 aromatic rings. The van der Waals surface area contributed by atoms with Crippen molar-refractivity contribution in [2.24, 2.45) is 5.92 Å². The molecule has 1 aliphatic heterocycles. The van der Waals surface area contributed by atoms with E-state index in [-0.39, 0.29) is 11.8 Å². The van der Waals surface area contributed by atoms with E-state index in [0.29, 0.717) is 0 Å². The summed E-state index contributed by atoms with van der Waals surface area (Å²) in [5.41, 5.74) is 1.68. The van der Waals surface area contributed by atoms with Gasteiger partial charge in [0.15, 0.2) is 0 Å². The number of carbonyl (C=O) groups excluding carboxylic acids is 1. The number of rotatable bonds is 2. The van der Waals surface area contributed by atoms with Crippen molar-refractivity contribution in [3.8, 4) is 0 Å². The van der Waals surface area contributed by atoms with Gasteiger partial charge in [0.1, 0.15) is 5.58 Å². The molecular formula is C14H16N2O2. The maximum atomic E-state index is 12.1. The number of amides is 1. The number of hydrogen-bond donors (Lipinski definition) is 2. The lowest BCUT2D eigenvalue weighted by Crippen LogP contribution is -2.34. The lowest BCUT2D eigenvalue weighted by Gasteiger charge is -2.21. The van der Waals surface area contributed by atoms with Crippen LogP contribution in [0.5, 0.6) is 0 Å². The summed E-state index contributed by atoms with van der Waals surface area (Å²) in [7, 11) is 0. The van der Waals surface area contributed by atoms with Gasteiger partial charge in [0.25, 0.3) is 0 Å². The molecule has 2 N–H and O–H groups in total. The summed E-state index contributed by atoms with van der Waals surface area (Å²) in [6.45, 7) is 1.86. The number of carbonyl (C=O) groups is 1. The Morgan fingerprint density at radius 2 is 2.11 bits per heavy atom. The van der Waals surface area contributed by atoms with Crippen LogP contribution >= 0.6 is 0 Å². The minimum absolute atomic E-state index is 0.124. The maximum Gasteiger partial charge on any atom is 0.227 e. The van der Waals surface area contributed by atoms with E-state index < -0.39 is 0 Å². The minimum atomic E-state index is 0.124. The van der Waals surface area contributed by atoms with Crippen molar-refractivity contribution < 1.29 is 9.21 Å². The third-order valence-corrected chi connectivity index (χ3v) is 3.43. The molecule has 0 saturated carbocycles. The Labute approximate surface area is 105 Å². The van der Waals surface area contributed by atoms with Crippen molar-refractivity contribution in [1.29, 1.82) is 0 Å². The third-order valence-electron chi connectivity index (χ3n) is 3.43. The monoisotopic (exact) mass is 244 g/mol. The van der Waals surface area contributed by atoms with Crippen LogP contribution in [0.3, 0.4) is 0 Å². The first-order valence-corrected chi connectivity index (χ1v) is 6.32. The summed E-state index contributed by atoms with van der Waals surface area (Å²) in [5, 5.41) is 7.26. The van der Waals surface area contributed by atoms with Crippen molar-refractivity contribution >= 4 is 22.6 Å². The fraction of sp³-hybridized carbons (Fsp3) is 0.357. The number of fused-ring (bicyclic) bond motifs is 1. The zero-order valence-corrected chi connectivity index (χ0v) is 10.1. The highest BCUT2D eigenvalue weighted by molar-refractivity contribution is 5.94. The highest BCUT2D eigenvalue weighted by atomic mass is 16.3. The van der Waals surface area contributed by atoms with Crippen molar-refractivity contribution in [1.82, 2.24) is 5.32 Å². The van der Waals surface area contributed by atoms with Gasteiger partial charge >= 0.3 is 0 Å². The molecule has 1 aromatic heterocycles. The van der Waals surface area contributed by atoms with E-state index in [9.17, 15) is 4.79 Å². The van der Waals surface area contributed by atoms with E-state index in [1.54, 1.807) is 6.26 Å². The standard InChI is InChI=1S/C14H16N2O2/c17-14(10-3-6-15-7-4-10)16-12-1-2-13-11(9-12)5-8-18-13/h1-2,5,8-10,15H,3-4,6-7H2,(H,16,17). The Kier molecular flexibility index (Phi) is 3.02. The molecule has 0 atom stereocenters. The van der Waals surface area contributed by atoms with Crippen molar-refractivity contribution in [2.75, 3.05) is 18.4 Å². The van der Waals surface area contributed by atoms with Crippen LogP contribution in [0.25, 0.3) is 11.0 Å². The van der Waals surface area contributed by atoms with Crippen LogP contribution < -0.4 is 10.6 Å². The Morgan fingerprint density at radius 3 is 2.94 bits per heavy atom. The summed E-state index contributed by atoms with van der Waals surface area (Å²) in [5.74, 6) is 0.255. The molecule has 18 heavy (non-hydrogen) atoms. The predicted octanol–water partition coefficient (Wildman–Crippen LogP) is 2.37. The zero-order valence-electron chi connectivity index (χ0n) is 10.1. The minimum Gasteiger partial charge on any atom is -0.464 e. The van der Waals surface area contributed by atoms with Crippen LogP contribution in [0.2, 0.25) is 0 Å². The molecule has 1 saturated heterocycles. The quantitative estimate of drug-likeness (QED) is 0.852. The predicted molar refractivity (Wildman–Crippen MR) is 70.4 cm³/mol. The fourth-order valence-electron chi connectivity index (χ4n) is 2.37. The SMILES string of the molecule is O=C(Nc1ccc2occc2c1)C1CCNCC1. The molecule has 1 aliphatic rings. The first-order valence-electron chi connectivity index (χ1n) is 6.32. The van der Waals surface area contributed by atoms with Gasteiger partial charge in [-0.25, -0.2) is 0 Å². The van der Waals surface area contributed by atoms with E-state index in [2.05, 4.69) is 10.6 Å². The second kappa shape index (κ2) is 4.82. The smallest absolute Gasteiger partial charge is 0.227 e. The third kappa shape index (κ3) is 2.24. The number of piperidine rings is 1. The van der Waals surface area contributed by atoms with Gasteiger partial charge in [-0.05, 0) is 50.2 Å². The van der Waals surface area contributed by atoms with Gasteiger partial charge in [-0.15, -0.1) is 0 Å². The first-order chi connectivity index (χ1) is 8.83. The fourth-order valence-corrected chi connectivity index (χ4v) is 2.37. The average Bonchev–Trinajstić information content (AvgIpc) is 2.87. The van der Waals surface area contributed by atoms with Crippen LogP contribution in [0.15, 0.2) is 34.9 Å². The van der Waals surface area contributed by atoms with E-state index in [4.69, 9.17) is 4.42 Å². The summed E-state index contributed by atoms with van der Waals surface area (Å²) in [6, 6.07) is 7.60. The van der Waals surface area contributed by atoms with Gasteiger partial charge in [-0.3, -0.25) is 4.79 Å². The van der Waals surface area contributed by atoms with Crippen LogP contribution in [0.1, 0.15) is 12.8 Å². The highest BCUT2D eigenvalue weighted by Crippen LogP contribution is 2.21. The Balaban J connectivity index is 1.72. The van der Waals surface area contributed by atoms with Crippen molar-refractivity contribution in [2.45, 2.75) is 12.8 Å². The number of hydrogen-bond acceptors (Lipinski definition) is 3. The van der Waals surface area contributed by atoms with E-state index >= 15 is 0 Å². The summed E-state index contributed by atoms with van der Waals surface area (Å²) in [6.07, 6.45) is 3.49. The summed E-state index contributed by atoms with van der Waals surface area (Å²) < 4.78 is 5.27. The van der Waals surface area contributed by atoms with Gasteiger partial charge in [0.2, 0.25) is 5.91 Å². The van der Waals surface area contributed by atoms with E-state index in [1.165, 1.54) is 0 Å². The molecule has 3 rings (SSSR count). The largest absolute Gasteiger partial charge is 0.464 e. The van der Waals surface area contributed by atoms with Crippen LogP contribution in [-0.2, 0) is 4.79 Å². The molecule has 1 aromatic carbocycles. The number of furan rings is 1. The average molecular weight is 244 g/mol. The molecule has 0 aliphatic carbocycles. The lowest BCUT2D eigenvalue weighted by molar-refractivity contribution is -0.120. The van der Waals surface area contributed by atoms with Gasteiger partial charge in [-0.2, -0.15) is 0 Å². The molecule has 1 amide bonds. The maximum absolute atomic E-state index is 12.1. The summed E-state index contributed by atoms with van der Waals surface area (Å²) in [4.78, 5) is 12.1. The van der Waals surface area contributed by atoms with E-state index in [0.717, 1.165) is 42.6 Å². The topological polar surface area (TPSA) is 54.3 Å². The Morgan fingerprint density at radius 1 is 1.28 bits per heavy atom. The molecule has 4 heteroatoms. The molecule has 0 spiro atoms. The molecular weight excluding hydrogens is 228 g/mol.